The summed E-state index contributed by atoms with van der Waals surface area (Å²) in [7, 11) is 0. The topological polar surface area (TPSA) is 30.2 Å². The highest BCUT2D eigenvalue weighted by molar-refractivity contribution is 9.11. The standard InChI is InChI=1S/C5H4BrN3S/c1-3-2-7-5-9(3)8-4(6)10-5/h2H,1H3. The Kier molecular flexibility index (Phi) is 1.28. The maximum Gasteiger partial charge on any atom is 0.213 e. The fraction of sp³-hybridized carbons (Fsp3) is 0.200. The quantitative estimate of drug-likeness (QED) is 0.675. The molecule has 0 radical (unpaired) electrons. The van der Waals surface area contributed by atoms with Crippen LogP contribution in [0.5, 0.6) is 0 Å². The third-order valence-electron chi connectivity index (χ3n) is 1.23. The SMILES string of the molecule is Cc1cnc2sc(Br)nn12. The van der Waals surface area contributed by atoms with Gasteiger partial charge in [0.1, 0.15) is 0 Å². The first-order chi connectivity index (χ1) is 4.77. The van der Waals surface area contributed by atoms with Crippen LogP contribution in [0.1, 0.15) is 5.69 Å². The summed E-state index contributed by atoms with van der Waals surface area (Å²) in [5.74, 6) is 0. The zero-order valence-electron chi connectivity index (χ0n) is 5.21. The molecule has 0 amide bonds. The number of fused-ring (bicyclic) bond motifs is 1. The molecule has 2 heterocycles. The van der Waals surface area contributed by atoms with Crippen LogP contribution in [0.15, 0.2) is 10.1 Å². The van der Waals surface area contributed by atoms with E-state index < -0.39 is 0 Å². The summed E-state index contributed by atoms with van der Waals surface area (Å²) in [5.41, 5.74) is 1.07. The predicted molar refractivity (Wildman–Crippen MR) is 43.3 cm³/mol. The van der Waals surface area contributed by atoms with Crippen LogP contribution in [0, 0.1) is 6.92 Å². The average Bonchev–Trinajstić information content (AvgIpc) is 2.35. The number of hydrogen-bond acceptors (Lipinski definition) is 3. The first kappa shape index (κ1) is 6.30. The van der Waals surface area contributed by atoms with Crippen molar-refractivity contribution in [1.82, 2.24) is 14.6 Å². The maximum atomic E-state index is 4.16. The van der Waals surface area contributed by atoms with E-state index in [4.69, 9.17) is 0 Å². The summed E-state index contributed by atoms with van der Waals surface area (Å²) >= 11 is 4.81. The van der Waals surface area contributed by atoms with Gasteiger partial charge >= 0.3 is 0 Å². The lowest BCUT2D eigenvalue weighted by molar-refractivity contribution is 0.919. The van der Waals surface area contributed by atoms with Gasteiger partial charge in [-0.15, -0.1) is 5.10 Å². The molecule has 0 aliphatic carbocycles. The Hall–Kier alpha value is -0.420. The van der Waals surface area contributed by atoms with E-state index in [1.165, 1.54) is 11.3 Å². The van der Waals surface area contributed by atoms with E-state index in [1.54, 1.807) is 0 Å². The van der Waals surface area contributed by atoms with Gasteiger partial charge in [0, 0.05) is 0 Å². The van der Waals surface area contributed by atoms with Crippen LogP contribution in [-0.2, 0) is 0 Å². The Morgan fingerprint density at radius 3 is 3.20 bits per heavy atom. The molecule has 0 aliphatic heterocycles. The molecule has 0 saturated carbocycles. The van der Waals surface area contributed by atoms with Gasteiger partial charge in [0.25, 0.3) is 0 Å². The Morgan fingerprint density at radius 1 is 1.70 bits per heavy atom. The molecule has 0 unspecified atom stereocenters. The largest absolute Gasteiger partial charge is 0.226 e. The first-order valence-corrected chi connectivity index (χ1v) is 4.35. The minimum absolute atomic E-state index is 0.874. The van der Waals surface area contributed by atoms with Crippen molar-refractivity contribution in [3.05, 3.63) is 15.8 Å². The van der Waals surface area contributed by atoms with Crippen LogP contribution in [0.3, 0.4) is 0 Å². The van der Waals surface area contributed by atoms with Gasteiger partial charge in [-0.1, -0.05) is 11.3 Å². The van der Waals surface area contributed by atoms with Gasteiger partial charge in [0.15, 0.2) is 3.92 Å². The molecule has 5 heteroatoms. The van der Waals surface area contributed by atoms with E-state index in [1.807, 2.05) is 17.6 Å². The summed E-state index contributed by atoms with van der Waals surface area (Å²) in [6.07, 6.45) is 1.81. The normalized spacial score (nSPS) is 11.0. The van der Waals surface area contributed by atoms with Gasteiger partial charge in [-0.25, -0.2) is 9.50 Å². The van der Waals surface area contributed by atoms with Crippen molar-refractivity contribution in [2.45, 2.75) is 6.92 Å². The molecule has 0 aromatic carbocycles. The maximum absolute atomic E-state index is 4.16. The molecule has 52 valence electrons. The molecule has 10 heavy (non-hydrogen) atoms. The molecule has 0 aliphatic rings. The van der Waals surface area contributed by atoms with Crippen LogP contribution in [0.2, 0.25) is 0 Å². The Balaban J connectivity index is 2.90. The summed E-state index contributed by atoms with van der Waals surface area (Å²) in [6, 6.07) is 0. The lowest BCUT2D eigenvalue weighted by Gasteiger charge is -1.80. The van der Waals surface area contributed by atoms with Crippen LogP contribution in [0.25, 0.3) is 4.96 Å². The van der Waals surface area contributed by atoms with Crippen LogP contribution >= 0.6 is 27.3 Å². The summed E-state index contributed by atoms with van der Waals surface area (Å²) in [6.45, 7) is 1.98. The van der Waals surface area contributed by atoms with Crippen LogP contribution < -0.4 is 0 Å². The minimum atomic E-state index is 0.874. The molecule has 0 atom stereocenters. The number of aryl methyl sites for hydroxylation is 1. The third-order valence-corrected chi connectivity index (χ3v) is 2.59. The number of rotatable bonds is 0. The smallest absolute Gasteiger partial charge is 0.213 e. The molecule has 0 spiro atoms. The highest BCUT2D eigenvalue weighted by atomic mass is 79.9. The fourth-order valence-corrected chi connectivity index (χ4v) is 2.02. The van der Waals surface area contributed by atoms with Crippen molar-refractivity contribution in [2.24, 2.45) is 0 Å². The second-order valence-corrected chi connectivity index (χ2v) is 4.18. The van der Waals surface area contributed by atoms with Gasteiger partial charge in [0.2, 0.25) is 4.96 Å². The third kappa shape index (κ3) is 0.775. The van der Waals surface area contributed by atoms with Crippen molar-refractivity contribution in [2.75, 3.05) is 0 Å². The van der Waals surface area contributed by atoms with Crippen molar-refractivity contribution >= 4 is 32.2 Å². The number of nitrogens with zero attached hydrogens (tertiary/aromatic N) is 3. The van der Waals surface area contributed by atoms with Gasteiger partial charge < -0.3 is 0 Å². The van der Waals surface area contributed by atoms with E-state index in [9.17, 15) is 0 Å². The van der Waals surface area contributed by atoms with E-state index in [0.29, 0.717) is 0 Å². The Labute approximate surface area is 69.8 Å². The average molecular weight is 218 g/mol. The monoisotopic (exact) mass is 217 g/mol. The number of imidazole rings is 1. The van der Waals surface area contributed by atoms with Gasteiger partial charge in [-0.3, -0.25) is 0 Å². The molecule has 0 bridgehead atoms. The van der Waals surface area contributed by atoms with Gasteiger partial charge in [0.05, 0.1) is 11.9 Å². The second-order valence-electron chi connectivity index (χ2n) is 1.95. The van der Waals surface area contributed by atoms with Gasteiger partial charge in [-0.2, -0.15) is 0 Å². The summed E-state index contributed by atoms with van der Waals surface area (Å²) in [5, 5.41) is 4.16. The van der Waals surface area contributed by atoms with Crippen molar-refractivity contribution in [3.63, 3.8) is 0 Å². The van der Waals surface area contributed by atoms with E-state index in [-0.39, 0.29) is 0 Å². The predicted octanol–water partition coefficient (Wildman–Crippen LogP) is 1.86. The molecule has 2 aromatic rings. The molecule has 2 rings (SSSR count). The summed E-state index contributed by atoms with van der Waals surface area (Å²) in [4.78, 5) is 5.06. The van der Waals surface area contributed by atoms with Crippen molar-refractivity contribution < 1.29 is 0 Å². The van der Waals surface area contributed by atoms with E-state index >= 15 is 0 Å². The summed E-state index contributed by atoms with van der Waals surface area (Å²) < 4.78 is 2.69. The second kappa shape index (κ2) is 2.03. The number of hydrogen-bond donors (Lipinski definition) is 0. The molecular weight excluding hydrogens is 214 g/mol. The van der Waals surface area contributed by atoms with Crippen molar-refractivity contribution in [1.29, 1.82) is 0 Å². The molecule has 0 fully saturated rings. The highest BCUT2D eigenvalue weighted by Gasteiger charge is 2.02. The lowest BCUT2D eigenvalue weighted by atomic mass is 10.6. The van der Waals surface area contributed by atoms with Crippen molar-refractivity contribution in [3.8, 4) is 0 Å². The molecular formula is C5H4BrN3S. The van der Waals surface area contributed by atoms with Gasteiger partial charge in [-0.05, 0) is 22.9 Å². The lowest BCUT2D eigenvalue weighted by Crippen LogP contribution is -1.84. The minimum Gasteiger partial charge on any atom is -0.226 e. The molecule has 0 N–H and O–H groups in total. The molecule has 2 aromatic heterocycles. The molecule has 0 saturated heterocycles. The van der Waals surface area contributed by atoms with E-state index in [0.717, 1.165) is 14.6 Å². The van der Waals surface area contributed by atoms with E-state index in [2.05, 4.69) is 26.0 Å². The zero-order valence-corrected chi connectivity index (χ0v) is 7.61. The first-order valence-electron chi connectivity index (χ1n) is 2.74. The van der Waals surface area contributed by atoms with Crippen LogP contribution in [0.4, 0.5) is 0 Å². The highest BCUT2D eigenvalue weighted by Crippen LogP contribution is 2.19. The molecule has 3 nitrogen and oxygen atoms in total. The van der Waals surface area contributed by atoms with Crippen LogP contribution in [-0.4, -0.2) is 14.6 Å². The number of halogens is 1. The fourth-order valence-electron chi connectivity index (χ4n) is 0.774. The zero-order chi connectivity index (χ0) is 7.14. The number of aromatic nitrogens is 3. The Bertz CT molecular complexity index is 364. The Morgan fingerprint density at radius 2 is 2.50 bits per heavy atom.